The van der Waals surface area contributed by atoms with Crippen molar-refractivity contribution in [1.82, 2.24) is 14.9 Å². The minimum atomic E-state index is 0.165. The quantitative estimate of drug-likeness (QED) is 0.769. The molecule has 5 nitrogen and oxygen atoms in total. The van der Waals surface area contributed by atoms with E-state index in [2.05, 4.69) is 35.6 Å². The van der Waals surface area contributed by atoms with Crippen LogP contribution in [0.15, 0.2) is 6.33 Å². The van der Waals surface area contributed by atoms with Crippen LogP contribution in [0.1, 0.15) is 44.6 Å². The van der Waals surface area contributed by atoms with Crippen LogP contribution in [-0.4, -0.2) is 47.0 Å². The molecule has 2 aliphatic rings. The van der Waals surface area contributed by atoms with Crippen LogP contribution in [0, 0.1) is 11.3 Å². The monoisotopic (exact) mass is 372 g/mol. The number of fused-ring (bicyclic) bond motifs is 3. The zero-order valence-electron chi connectivity index (χ0n) is 16.2. The van der Waals surface area contributed by atoms with Gasteiger partial charge in [-0.2, -0.15) is 0 Å². The third-order valence-corrected chi connectivity index (χ3v) is 7.24. The lowest BCUT2D eigenvalue weighted by Gasteiger charge is -2.36. The summed E-state index contributed by atoms with van der Waals surface area (Å²) >= 11 is 1.86. The molecular weight excluding hydrogens is 344 g/mol. The molecule has 6 heteroatoms. The second-order valence-electron chi connectivity index (χ2n) is 8.68. The number of thiophene rings is 1. The Morgan fingerprint density at radius 2 is 1.92 bits per heavy atom. The fourth-order valence-corrected chi connectivity index (χ4v) is 5.57. The van der Waals surface area contributed by atoms with Crippen molar-refractivity contribution in [3.63, 3.8) is 0 Å². The summed E-state index contributed by atoms with van der Waals surface area (Å²) in [4.78, 5) is 27.8. The Morgan fingerprint density at radius 3 is 2.58 bits per heavy atom. The molecule has 2 aromatic heterocycles. The van der Waals surface area contributed by atoms with Gasteiger partial charge in [0.25, 0.3) is 0 Å². The van der Waals surface area contributed by atoms with Gasteiger partial charge >= 0.3 is 0 Å². The minimum Gasteiger partial charge on any atom is -0.352 e. The molecule has 0 spiro atoms. The number of anilines is 1. The van der Waals surface area contributed by atoms with Gasteiger partial charge < -0.3 is 9.80 Å². The van der Waals surface area contributed by atoms with E-state index in [0.717, 1.165) is 55.6 Å². The van der Waals surface area contributed by atoms with E-state index >= 15 is 0 Å². The number of carbonyl (C=O) groups excluding carboxylic acids is 1. The van der Waals surface area contributed by atoms with Crippen molar-refractivity contribution in [1.29, 1.82) is 0 Å². The lowest BCUT2D eigenvalue weighted by molar-refractivity contribution is -0.129. The Morgan fingerprint density at radius 1 is 1.19 bits per heavy atom. The minimum absolute atomic E-state index is 0.165. The van der Waals surface area contributed by atoms with Gasteiger partial charge in [-0.3, -0.25) is 4.79 Å². The third-order valence-electron chi connectivity index (χ3n) is 6.07. The highest BCUT2D eigenvalue weighted by molar-refractivity contribution is 7.19. The second kappa shape index (κ2) is 6.48. The first-order chi connectivity index (χ1) is 12.3. The number of piperazine rings is 1. The Labute approximate surface area is 159 Å². The van der Waals surface area contributed by atoms with Crippen molar-refractivity contribution in [3.05, 3.63) is 16.8 Å². The molecule has 4 rings (SSSR count). The molecule has 2 aromatic rings. The van der Waals surface area contributed by atoms with Crippen LogP contribution in [0.5, 0.6) is 0 Å². The molecule has 26 heavy (non-hydrogen) atoms. The average Bonchev–Trinajstić information content (AvgIpc) is 2.99. The summed E-state index contributed by atoms with van der Waals surface area (Å²) < 4.78 is 0. The van der Waals surface area contributed by atoms with E-state index in [9.17, 15) is 4.79 Å². The number of nitrogens with zero attached hydrogens (tertiary/aromatic N) is 4. The zero-order valence-corrected chi connectivity index (χ0v) is 17.0. The average molecular weight is 373 g/mol. The molecule has 0 unspecified atom stereocenters. The molecule has 1 fully saturated rings. The summed E-state index contributed by atoms with van der Waals surface area (Å²) in [5, 5.41) is 1.27. The van der Waals surface area contributed by atoms with Gasteiger partial charge in [0.2, 0.25) is 5.91 Å². The van der Waals surface area contributed by atoms with E-state index in [-0.39, 0.29) is 5.91 Å². The molecule has 1 atom stereocenters. The highest BCUT2D eigenvalue weighted by Crippen LogP contribution is 2.44. The molecule has 140 valence electrons. The van der Waals surface area contributed by atoms with Gasteiger partial charge in [0, 0.05) is 38.0 Å². The van der Waals surface area contributed by atoms with Crippen molar-refractivity contribution < 1.29 is 4.79 Å². The molecule has 3 heterocycles. The molecule has 1 aliphatic heterocycles. The summed E-state index contributed by atoms with van der Waals surface area (Å²) in [5.74, 6) is 1.97. The highest BCUT2D eigenvalue weighted by Gasteiger charge is 2.32. The lowest BCUT2D eigenvalue weighted by Crippen LogP contribution is -2.48. The molecular formula is C20H28N4OS. The van der Waals surface area contributed by atoms with Gasteiger partial charge in [-0.25, -0.2) is 9.97 Å². The van der Waals surface area contributed by atoms with Crippen LogP contribution in [-0.2, 0) is 17.6 Å². The van der Waals surface area contributed by atoms with Crippen molar-refractivity contribution in [3.8, 4) is 0 Å². The molecule has 1 amide bonds. The molecule has 0 radical (unpaired) electrons. The van der Waals surface area contributed by atoms with E-state index in [1.165, 1.54) is 22.2 Å². The highest BCUT2D eigenvalue weighted by atomic mass is 32.1. The number of rotatable bonds is 1. The normalized spacial score (nSPS) is 21.2. The van der Waals surface area contributed by atoms with Gasteiger partial charge in [0.05, 0.1) is 5.39 Å². The van der Waals surface area contributed by atoms with E-state index < -0.39 is 0 Å². The number of aryl methyl sites for hydroxylation is 1. The largest absolute Gasteiger partial charge is 0.352 e. The van der Waals surface area contributed by atoms with Gasteiger partial charge in [0.15, 0.2) is 0 Å². The zero-order chi connectivity index (χ0) is 18.5. The summed E-state index contributed by atoms with van der Waals surface area (Å²) in [6.07, 6.45) is 5.25. The van der Waals surface area contributed by atoms with Crippen LogP contribution < -0.4 is 4.90 Å². The fourth-order valence-electron chi connectivity index (χ4n) is 4.31. The topological polar surface area (TPSA) is 49.3 Å². The van der Waals surface area contributed by atoms with Crippen molar-refractivity contribution in [2.24, 2.45) is 11.3 Å². The first-order valence-corrected chi connectivity index (χ1v) is 10.4. The van der Waals surface area contributed by atoms with Gasteiger partial charge in [-0.05, 0) is 36.2 Å². The molecule has 1 aliphatic carbocycles. The fraction of sp³-hybridized carbons (Fsp3) is 0.650. The number of carbonyl (C=O) groups is 1. The molecule has 0 bridgehead atoms. The van der Waals surface area contributed by atoms with Crippen molar-refractivity contribution in [2.75, 3.05) is 31.1 Å². The molecule has 0 saturated carbocycles. The van der Waals surface area contributed by atoms with Crippen LogP contribution in [0.4, 0.5) is 5.82 Å². The van der Waals surface area contributed by atoms with Crippen LogP contribution in [0.2, 0.25) is 0 Å². The van der Waals surface area contributed by atoms with Crippen molar-refractivity contribution >= 4 is 33.3 Å². The summed E-state index contributed by atoms with van der Waals surface area (Å²) in [7, 11) is 0. The lowest BCUT2D eigenvalue weighted by atomic mass is 9.72. The molecule has 0 aromatic carbocycles. The second-order valence-corrected chi connectivity index (χ2v) is 9.76. The predicted octanol–water partition coefficient (Wildman–Crippen LogP) is 3.51. The smallest absolute Gasteiger partial charge is 0.219 e. The maximum absolute atomic E-state index is 11.6. The summed E-state index contributed by atoms with van der Waals surface area (Å²) in [6, 6.07) is 0. The Balaban J connectivity index is 1.66. The first kappa shape index (κ1) is 17.7. The first-order valence-electron chi connectivity index (χ1n) is 9.60. The SMILES string of the molecule is CC(=O)N1CCN(c2ncnc3sc4c(c23)CC[C@@H](C(C)(C)C)C4)CC1. The Kier molecular flexibility index (Phi) is 4.41. The standard InChI is InChI=1S/C20H28N4OS/c1-13(25)23-7-9-24(10-8-23)18-17-15-6-5-14(20(2,3)4)11-16(15)26-19(17)22-12-21-18/h12,14H,5-11H2,1-4H3/t14-/m1/s1. The summed E-state index contributed by atoms with van der Waals surface area (Å²) in [5.41, 5.74) is 1.83. The number of hydrogen-bond acceptors (Lipinski definition) is 5. The number of hydrogen-bond donors (Lipinski definition) is 0. The third kappa shape index (κ3) is 3.08. The molecule has 0 N–H and O–H groups in total. The van der Waals surface area contributed by atoms with Gasteiger partial charge in [-0.15, -0.1) is 11.3 Å². The summed E-state index contributed by atoms with van der Waals surface area (Å²) in [6.45, 7) is 12.0. The Hall–Kier alpha value is -1.69. The Bertz CT molecular complexity index is 830. The number of amides is 1. The van der Waals surface area contributed by atoms with Crippen LogP contribution in [0.25, 0.3) is 10.2 Å². The maximum Gasteiger partial charge on any atom is 0.219 e. The van der Waals surface area contributed by atoms with E-state index in [0.29, 0.717) is 5.41 Å². The molecule has 1 saturated heterocycles. The van der Waals surface area contributed by atoms with Gasteiger partial charge in [0.1, 0.15) is 17.0 Å². The van der Waals surface area contributed by atoms with Crippen LogP contribution in [0.3, 0.4) is 0 Å². The van der Waals surface area contributed by atoms with E-state index in [1.807, 2.05) is 16.2 Å². The maximum atomic E-state index is 11.6. The van der Waals surface area contributed by atoms with Gasteiger partial charge in [-0.1, -0.05) is 20.8 Å². The van der Waals surface area contributed by atoms with Crippen LogP contribution >= 0.6 is 11.3 Å². The van der Waals surface area contributed by atoms with E-state index in [4.69, 9.17) is 0 Å². The van der Waals surface area contributed by atoms with Crippen molar-refractivity contribution in [2.45, 2.75) is 47.0 Å². The predicted molar refractivity (Wildman–Crippen MR) is 107 cm³/mol. The van der Waals surface area contributed by atoms with E-state index in [1.54, 1.807) is 13.3 Å². The number of aromatic nitrogens is 2.